The van der Waals surface area contributed by atoms with Gasteiger partial charge in [0.05, 0.1) is 24.0 Å². The zero-order valence-corrected chi connectivity index (χ0v) is 16.4. The van der Waals surface area contributed by atoms with Gasteiger partial charge in [0.2, 0.25) is 5.91 Å². The lowest BCUT2D eigenvalue weighted by Gasteiger charge is -2.18. The highest BCUT2D eigenvalue weighted by Crippen LogP contribution is 2.34. The number of halogens is 1. The van der Waals surface area contributed by atoms with Crippen molar-refractivity contribution in [3.63, 3.8) is 0 Å². The minimum absolute atomic E-state index is 0.0817. The predicted octanol–water partition coefficient (Wildman–Crippen LogP) is 2.07. The number of ether oxygens (including phenoxy) is 1. The molecule has 27 heavy (non-hydrogen) atoms. The molecule has 0 saturated carbocycles. The number of imidazole rings is 1. The van der Waals surface area contributed by atoms with E-state index in [4.69, 9.17) is 16.3 Å². The highest BCUT2D eigenvalue weighted by molar-refractivity contribution is 6.34. The van der Waals surface area contributed by atoms with E-state index in [2.05, 4.69) is 10.3 Å². The Morgan fingerprint density at radius 1 is 1.37 bits per heavy atom. The van der Waals surface area contributed by atoms with Crippen LogP contribution in [-0.2, 0) is 11.8 Å². The first-order valence-corrected chi connectivity index (χ1v) is 9.12. The number of nitrogens with one attached hydrogen (secondary N) is 1. The van der Waals surface area contributed by atoms with Crippen molar-refractivity contribution < 1.29 is 14.3 Å². The Balaban J connectivity index is 1.83. The molecule has 0 unspecified atom stereocenters. The van der Waals surface area contributed by atoms with E-state index in [1.54, 1.807) is 36.5 Å². The summed E-state index contributed by atoms with van der Waals surface area (Å²) in [4.78, 5) is 30.4. The summed E-state index contributed by atoms with van der Waals surface area (Å²) in [5.41, 5.74) is 1.49. The highest BCUT2D eigenvalue weighted by Gasteiger charge is 2.38. The van der Waals surface area contributed by atoms with E-state index < -0.39 is 0 Å². The van der Waals surface area contributed by atoms with Crippen LogP contribution in [0.15, 0.2) is 30.7 Å². The van der Waals surface area contributed by atoms with Crippen molar-refractivity contribution in [2.24, 2.45) is 13.0 Å². The molecule has 2 amide bonds. The topological polar surface area (TPSA) is 76.5 Å². The van der Waals surface area contributed by atoms with Gasteiger partial charge in [0.15, 0.2) is 0 Å². The van der Waals surface area contributed by atoms with Crippen LogP contribution in [0.4, 0.5) is 0 Å². The lowest BCUT2D eigenvalue weighted by atomic mass is 9.93. The molecule has 0 aliphatic carbocycles. The Kier molecular flexibility index (Phi) is 5.70. The van der Waals surface area contributed by atoms with Gasteiger partial charge in [-0.3, -0.25) is 9.59 Å². The molecule has 8 heteroatoms. The summed E-state index contributed by atoms with van der Waals surface area (Å²) in [6.07, 6.45) is 3.56. The predicted molar refractivity (Wildman–Crippen MR) is 102 cm³/mol. The Bertz CT molecular complexity index is 851. The number of benzene rings is 1. The SMILES string of the molecule is COc1ccc(C(=O)N2C[C@@H](CNC(C)=O)[C@H](c3cncn3C)C2)c(Cl)c1. The van der Waals surface area contributed by atoms with Crippen LogP contribution in [0.1, 0.15) is 28.9 Å². The first-order valence-electron chi connectivity index (χ1n) is 8.74. The summed E-state index contributed by atoms with van der Waals surface area (Å²) < 4.78 is 7.10. The molecular weight excluding hydrogens is 368 g/mol. The van der Waals surface area contributed by atoms with Crippen molar-refractivity contribution in [2.45, 2.75) is 12.8 Å². The molecule has 0 radical (unpaired) electrons. The Morgan fingerprint density at radius 3 is 2.74 bits per heavy atom. The molecule has 2 atom stereocenters. The largest absolute Gasteiger partial charge is 0.497 e. The average Bonchev–Trinajstić information content (AvgIpc) is 3.24. The van der Waals surface area contributed by atoms with Gasteiger partial charge in [0, 0.05) is 57.3 Å². The second kappa shape index (κ2) is 8.00. The third-order valence-corrected chi connectivity index (χ3v) is 5.29. The quantitative estimate of drug-likeness (QED) is 0.848. The fraction of sp³-hybridized carbons (Fsp3) is 0.421. The molecule has 1 aliphatic heterocycles. The van der Waals surface area contributed by atoms with Crippen molar-refractivity contribution in [3.05, 3.63) is 47.0 Å². The maximum absolute atomic E-state index is 13.0. The molecule has 1 aromatic heterocycles. The van der Waals surface area contributed by atoms with Crippen LogP contribution in [0.3, 0.4) is 0 Å². The van der Waals surface area contributed by atoms with Crippen LogP contribution >= 0.6 is 11.6 Å². The molecule has 1 saturated heterocycles. The van der Waals surface area contributed by atoms with Gasteiger partial charge in [-0.05, 0) is 18.2 Å². The second-order valence-corrected chi connectivity index (χ2v) is 7.20. The third kappa shape index (κ3) is 4.08. The van der Waals surface area contributed by atoms with Gasteiger partial charge in [0.25, 0.3) is 5.91 Å². The van der Waals surface area contributed by atoms with Crippen molar-refractivity contribution in [2.75, 3.05) is 26.7 Å². The van der Waals surface area contributed by atoms with Crippen LogP contribution < -0.4 is 10.1 Å². The molecule has 144 valence electrons. The zero-order chi connectivity index (χ0) is 19.6. The lowest BCUT2D eigenvalue weighted by Crippen LogP contribution is -2.32. The van der Waals surface area contributed by atoms with E-state index >= 15 is 0 Å². The van der Waals surface area contributed by atoms with E-state index in [0.717, 1.165) is 5.69 Å². The van der Waals surface area contributed by atoms with Crippen molar-refractivity contribution in [1.29, 1.82) is 0 Å². The van der Waals surface area contributed by atoms with Gasteiger partial charge in [0.1, 0.15) is 5.75 Å². The van der Waals surface area contributed by atoms with Gasteiger partial charge >= 0.3 is 0 Å². The minimum Gasteiger partial charge on any atom is -0.497 e. The van der Waals surface area contributed by atoms with Crippen LogP contribution in [-0.4, -0.2) is 53.0 Å². The normalized spacial score (nSPS) is 19.2. The molecule has 1 aliphatic rings. The van der Waals surface area contributed by atoms with E-state index in [1.807, 2.05) is 17.8 Å². The molecule has 2 heterocycles. The number of aryl methyl sites for hydroxylation is 1. The van der Waals surface area contributed by atoms with Crippen molar-refractivity contribution in [1.82, 2.24) is 19.8 Å². The number of hydrogen-bond acceptors (Lipinski definition) is 4. The van der Waals surface area contributed by atoms with Gasteiger partial charge in [-0.1, -0.05) is 11.6 Å². The fourth-order valence-electron chi connectivity index (χ4n) is 3.55. The number of aromatic nitrogens is 2. The smallest absolute Gasteiger partial charge is 0.255 e. The highest BCUT2D eigenvalue weighted by atomic mass is 35.5. The maximum Gasteiger partial charge on any atom is 0.255 e. The number of nitrogens with zero attached hydrogens (tertiary/aromatic N) is 3. The van der Waals surface area contributed by atoms with E-state index in [0.29, 0.717) is 36.0 Å². The van der Waals surface area contributed by atoms with Crippen molar-refractivity contribution in [3.8, 4) is 5.75 Å². The van der Waals surface area contributed by atoms with Crippen LogP contribution in [0.25, 0.3) is 0 Å². The molecule has 0 bridgehead atoms. The zero-order valence-electron chi connectivity index (χ0n) is 15.6. The molecule has 1 aromatic carbocycles. The molecule has 3 rings (SSSR count). The van der Waals surface area contributed by atoms with Crippen molar-refractivity contribution >= 4 is 23.4 Å². The molecule has 1 fully saturated rings. The first-order chi connectivity index (χ1) is 12.9. The summed E-state index contributed by atoms with van der Waals surface area (Å²) >= 11 is 6.28. The number of likely N-dealkylation sites (tertiary alicyclic amines) is 1. The fourth-order valence-corrected chi connectivity index (χ4v) is 3.80. The van der Waals surface area contributed by atoms with Gasteiger partial charge in [-0.2, -0.15) is 0 Å². The van der Waals surface area contributed by atoms with Gasteiger partial charge in [-0.15, -0.1) is 0 Å². The Labute approximate surface area is 163 Å². The van der Waals surface area contributed by atoms with Gasteiger partial charge in [-0.25, -0.2) is 4.98 Å². The third-order valence-electron chi connectivity index (χ3n) is 4.98. The minimum atomic E-state index is -0.125. The monoisotopic (exact) mass is 390 g/mol. The van der Waals surface area contributed by atoms with Crippen LogP contribution in [0.5, 0.6) is 5.75 Å². The molecule has 1 N–H and O–H groups in total. The van der Waals surface area contributed by atoms with Crippen LogP contribution in [0.2, 0.25) is 5.02 Å². The lowest BCUT2D eigenvalue weighted by molar-refractivity contribution is -0.119. The first kappa shape index (κ1) is 19.2. The number of carbonyl (C=O) groups excluding carboxylic acids is 2. The summed E-state index contributed by atoms with van der Waals surface area (Å²) in [5.74, 6) is 0.590. The number of hydrogen-bond donors (Lipinski definition) is 1. The Morgan fingerprint density at radius 2 is 2.15 bits per heavy atom. The van der Waals surface area contributed by atoms with Gasteiger partial charge < -0.3 is 19.5 Å². The van der Waals surface area contributed by atoms with E-state index in [-0.39, 0.29) is 23.7 Å². The standard InChI is InChI=1S/C19H23ClN4O3/c1-12(25)22-7-13-9-24(10-16(13)18-8-21-11-23(18)2)19(26)15-5-4-14(27-3)6-17(15)20/h4-6,8,11,13,16H,7,9-10H2,1-3H3,(H,22,25)/t13-,16-/m1/s1. The second-order valence-electron chi connectivity index (χ2n) is 6.79. The van der Waals surface area contributed by atoms with E-state index in [1.165, 1.54) is 6.92 Å². The molecule has 0 spiro atoms. The Hall–Kier alpha value is -2.54. The maximum atomic E-state index is 13.0. The summed E-state index contributed by atoms with van der Waals surface area (Å²) in [7, 11) is 3.49. The summed E-state index contributed by atoms with van der Waals surface area (Å²) in [5, 5.41) is 3.24. The summed E-state index contributed by atoms with van der Waals surface area (Å²) in [6, 6.07) is 5.05. The number of amides is 2. The number of methoxy groups -OCH3 is 1. The molecular formula is C19H23ClN4O3. The molecule has 7 nitrogen and oxygen atoms in total. The van der Waals surface area contributed by atoms with E-state index in [9.17, 15) is 9.59 Å². The van der Waals surface area contributed by atoms with Crippen LogP contribution in [0, 0.1) is 5.92 Å². The summed E-state index contributed by atoms with van der Waals surface area (Å²) in [6.45, 7) is 3.08. The number of rotatable bonds is 5. The average molecular weight is 391 g/mol. The number of carbonyl (C=O) groups is 2. The molecule has 2 aromatic rings.